The average Bonchev–Trinajstić information content (AvgIpc) is 3.21. The van der Waals surface area contributed by atoms with Crippen LogP contribution in [0.3, 0.4) is 0 Å². The number of carbonyl (C=O) groups excluding carboxylic acids is 1. The zero-order valence-electron chi connectivity index (χ0n) is 12.2. The molecule has 3 rings (SSSR count). The highest BCUT2D eigenvalue weighted by Crippen LogP contribution is 2.07. The maximum Gasteiger partial charge on any atom is 0.251 e. The molecule has 22 heavy (non-hydrogen) atoms. The largest absolute Gasteiger partial charge is 0.353 e. The van der Waals surface area contributed by atoms with Gasteiger partial charge in [0.25, 0.3) is 5.91 Å². The lowest BCUT2D eigenvalue weighted by atomic mass is 10.1. The van der Waals surface area contributed by atoms with Crippen molar-refractivity contribution in [3.05, 3.63) is 78.6 Å². The van der Waals surface area contributed by atoms with Gasteiger partial charge >= 0.3 is 0 Å². The van der Waals surface area contributed by atoms with Crippen LogP contribution in [0.1, 0.15) is 15.9 Å². The lowest BCUT2D eigenvalue weighted by Crippen LogP contribution is -2.27. The Balaban J connectivity index is 1.57. The van der Waals surface area contributed by atoms with Crippen molar-refractivity contribution in [3.63, 3.8) is 0 Å². The summed E-state index contributed by atoms with van der Waals surface area (Å²) in [4.78, 5) is 16.2. The average molecular weight is 294 g/mol. The molecule has 0 aliphatic heterocycles. The predicted octanol–water partition coefficient (Wildman–Crippen LogP) is 2.16. The Morgan fingerprint density at radius 3 is 2.73 bits per heavy atom. The van der Waals surface area contributed by atoms with E-state index in [2.05, 4.69) is 10.3 Å². The van der Waals surface area contributed by atoms with Crippen LogP contribution in [0.4, 0.5) is 0 Å². The van der Waals surface area contributed by atoms with Crippen molar-refractivity contribution in [2.45, 2.75) is 13.1 Å². The second kappa shape index (κ2) is 6.76. The lowest BCUT2D eigenvalue weighted by Gasteiger charge is -2.08. The van der Waals surface area contributed by atoms with Gasteiger partial charge in [-0.15, -0.1) is 0 Å². The van der Waals surface area contributed by atoms with Crippen molar-refractivity contribution in [1.29, 1.82) is 0 Å². The van der Waals surface area contributed by atoms with E-state index in [1.54, 1.807) is 12.5 Å². The number of nitrogens with zero attached hydrogens (tertiary/aromatic N) is 3. The number of amides is 1. The Hall–Kier alpha value is -2.82. The van der Waals surface area contributed by atoms with Crippen LogP contribution in [0.25, 0.3) is 0 Å². The van der Waals surface area contributed by atoms with E-state index in [1.807, 2.05) is 64.1 Å². The molecule has 0 atom stereocenters. The summed E-state index contributed by atoms with van der Waals surface area (Å²) in [6, 6.07) is 11.6. The molecule has 1 amide bonds. The van der Waals surface area contributed by atoms with Gasteiger partial charge in [-0.05, 0) is 29.8 Å². The second-order valence-corrected chi connectivity index (χ2v) is 5.11. The van der Waals surface area contributed by atoms with Crippen molar-refractivity contribution in [2.24, 2.45) is 0 Å². The van der Waals surface area contributed by atoms with Gasteiger partial charge in [0.15, 0.2) is 0 Å². The molecular formula is C17H18N4O. The molecule has 5 heteroatoms. The van der Waals surface area contributed by atoms with Crippen molar-refractivity contribution < 1.29 is 4.79 Å². The molecule has 3 aromatic rings. The first-order valence-corrected chi connectivity index (χ1v) is 7.25. The number of hydrogen-bond donors (Lipinski definition) is 1. The summed E-state index contributed by atoms with van der Waals surface area (Å²) < 4.78 is 4.01. The first kappa shape index (κ1) is 14.1. The summed E-state index contributed by atoms with van der Waals surface area (Å²) in [7, 11) is 0. The molecule has 0 bridgehead atoms. The Morgan fingerprint density at radius 2 is 1.95 bits per heavy atom. The quantitative estimate of drug-likeness (QED) is 0.757. The van der Waals surface area contributed by atoms with Gasteiger partial charge in [-0.2, -0.15) is 0 Å². The molecule has 2 heterocycles. The standard InChI is InChI=1S/C17H18N4O/c22-17(19-7-11-20-8-1-2-9-20)16-5-3-4-15(12-16)13-21-10-6-18-14-21/h1-6,8-10,12,14H,7,11,13H2,(H,19,22). The molecule has 0 saturated carbocycles. The molecule has 0 saturated heterocycles. The number of carbonyl (C=O) groups is 1. The predicted molar refractivity (Wildman–Crippen MR) is 84.5 cm³/mol. The van der Waals surface area contributed by atoms with Gasteiger partial charge < -0.3 is 14.5 Å². The molecule has 0 radical (unpaired) electrons. The first-order valence-electron chi connectivity index (χ1n) is 7.25. The third kappa shape index (κ3) is 3.63. The van der Waals surface area contributed by atoms with E-state index in [9.17, 15) is 4.79 Å². The minimum Gasteiger partial charge on any atom is -0.353 e. The Labute approximate surface area is 129 Å². The van der Waals surface area contributed by atoms with Gasteiger partial charge in [0.2, 0.25) is 0 Å². The second-order valence-electron chi connectivity index (χ2n) is 5.11. The van der Waals surface area contributed by atoms with E-state index in [-0.39, 0.29) is 5.91 Å². The number of benzene rings is 1. The fourth-order valence-electron chi connectivity index (χ4n) is 2.32. The number of hydrogen-bond acceptors (Lipinski definition) is 2. The van der Waals surface area contributed by atoms with E-state index in [0.29, 0.717) is 18.7 Å². The lowest BCUT2D eigenvalue weighted by molar-refractivity contribution is 0.0952. The SMILES string of the molecule is O=C(NCCn1cccc1)c1cccc(Cn2ccnc2)c1. The van der Waals surface area contributed by atoms with Crippen molar-refractivity contribution >= 4 is 5.91 Å². The summed E-state index contributed by atoms with van der Waals surface area (Å²) in [6.07, 6.45) is 9.39. The highest BCUT2D eigenvalue weighted by molar-refractivity contribution is 5.94. The van der Waals surface area contributed by atoms with Crippen LogP contribution in [-0.2, 0) is 13.1 Å². The molecule has 112 valence electrons. The van der Waals surface area contributed by atoms with Crippen LogP contribution in [0, 0.1) is 0 Å². The van der Waals surface area contributed by atoms with E-state index in [4.69, 9.17) is 0 Å². The Bertz CT molecular complexity index is 717. The fraction of sp³-hybridized carbons (Fsp3) is 0.176. The van der Waals surface area contributed by atoms with E-state index < -0.39 is 0 Å². The van der Waals surface area contributed by atoms with Gasteiger partial charge in [-0.3, -0.25) is 4.79 Å². The molecule has 1 aromatic carbocycles. The van der Waals surface area contributed by atoms with E-state index in [1.165, 1.54) is 0 Å². The van der Waals surface area contributed by atoms with Crippen LogP contribution in [0.2, 0.25) is 0 Å². The van der Waals surface area contributed by atoms with Gasteiger partial charge in [0, 0.05) is 50.0 Å². The number of nitrogens with one attached hydrogen (secondary N) is 1. The number of imidazole rings is 1. The van der Waals surface area contributed by atoms with Crippen molar-refractivity contribution in [3.8, 4) is 0 Å². The van der Waals surface area contributed by atoms with Crippen LogP contribution in [0.5, 0.6) is 0 Å². The topological polar surface area (TPSA) is 51.9 Å². The smallest absolute Gasteiger partial charge is 0.251 e. The molecule has 0 aliphatic rings. The summed E-state index contributed by atoms with van der Waals surface area (Å²) >= 11 is 0. The molecule has 2 aromatic heterocycles. The highest BCUT2D eigenvalue weighted by Gasteiger charge is 2.06. The van der Waals surface area contributed by atoms with Crippen LogP contribution in [-0.4, -0.2) is 26.6 Å². The summed E-state index contributed by atoms with van der Waals surface area (Å²) in [5.41, 5.74) is 1.76. The minimum absolute atomic E-state index is 0.0420. The summed E-state index contributed by atoms with van der Waals surface area (Å²) in [6.45, 7) is 2.09. The van der Waals surface area contributed by atoms with Crippen LogP contribution in [0.15, 0.2) is 67.5 Å². The fourth-order valence-corrected chi connectivity index (χ4v) is 2.32. The normalized spacial score (nSPS) is 10.5. The van der Waals surface area contributed by atoms with E-state index >= 15 is 0 Å². The van der Waals surface area contributed by atoms with Crippen molar-refractivity contribution in [2.75, 3.05) is 6.54 Å². The van der Waals surface area contributed by atoms with Gasteiger partial charge in [-0.25, -0.2) is 4.98 Å². The van der Waals surface area contributed by atoms with Gasteiger partial charge in [0.05, 0.1) is 6.33 Å². The Kier molecular flexibility index (Phi) is 4.34. The summed E-state index contributed by atoms with van der Waals surface area (Å²) in [5.74, 6) is -0.0420. The zero-order valence-corrected chi connectivity index (χ0v) is 12.2. The van der Waals surface area contributed by atoms with Crippen molar-refractivity contribution in [1.82, 2.24) is 19.4 Å². The molecule has 0 spiro atoms. The van der Waals surface area contributed by atoms with Gasteiger partial charge in [-0.1, -0.05) is 12.1 Å². The van der Waals surface area contributed by atoms with Crippen LogP contribution < -0.4 is 5.32 Å². The molecule has 1 N–H and O–H groups in total. The molecule has 5 nitrogen and oxygen atoms in total. The number of rotatable bonds is 6. The maximum absolute atomic E-state index is 12.2. The zero-order chi connectivity index (χ0) is 15.2. The maximum atomic E-state index is 12.2. The minimum atomic E-state index is -0.0420. The van der Waals surface area contributed by atoms with Gasteiger partial charge in [0.1, 0.15) is 0 Å². The molecular weight excluding hydrogens is 276 g/mol. The Morgan fingerprint density at radius 1 is 1.09 bits per heavy atom. The molecule has 0 fully saturated rings. The first-order chi connectivity index (χ1) is 10.8. The third-order valence-electron chi connectivity index (χ3n) is 3.44. The molecule has 0 aliphatic carbocycles. The van der Waals surface area contributed by atoms with Crippen LogP contribution >= 0.6 is 0 Å². The van der Waals surface area contributed by atoms with E-state index in [0.717, 1.165) is 12.1 Å². The molecule has 0 unspecified atom stereocenters. The number of aromatic nitrogens is 3. The highest BCUT2D eigenvalue weighted by atomic mass is 16.1. The summed E-state index contributed by atoms with van der Waals surface area (Å²) in [5, 5.41) is 2.94. The third-order valence-corrected chi connectivity index (χ3v) is 3.44. The monoisotopic (exact) mass is 294 g/mol.